The summed E-state index contributed by atoms with van der Waals surface area (Å²) in [5.41, 5.74) is 2.64. The highest BCUT2D eigenvalue weighted by molar-refractivity contribution is 5.96. The van der Waals surface area contributed by atoms with E-state index in [1.165, 1.54) is 9.58 Å². The Hall–Kier alpha value is -3.68. The second kappa shape index (κ2) is 6.80. The van der Waals surface area contributed by atoms with Crippen molar-refractivity contribution in [2.45, 2.75) is 26.9 Å². The van der Waals surface area contributed by atoms with Gasteiger partial charge in [-0.25, -0.2) is 14.3 Å². The Morgan fingerprint density at radius 1 is 1.04 bits per heavy atom. The molecule has 8 nitrogen and oxygen atoms in total. The third kappa shape index (κ3) is 2.98. The van der Waals surface area contributed by atoms with E-state index in [9.17, 15) is 14.4 Å². The lowest BCUT2D eigenvalue weighted by atomic mass is 10.1. The highest BCUT2D eigenvalue weighted by Crippen LogP contribution is 2.23. The van der Waals surface area contributed by atoms with Crippen LogP contribution in [0.5, 0.6) is 0 Å². The molecule has 1 aromatic heterocycles. The molecular formula is C20H19N5O3. The van der Waals surface area contributed by atoms with Crippen LogP contribution in [0.25, 0.3) is 0 Å². The van der Waals surface area contributed by atoms with E-state index in [4.69, 9.17) is 0 Å². The number of benzene rings is 2. The number of carbonyl (C=O) groups excluding carboxylic acids is 2. The second-order valence-corrected chi connectivity index (χ2v) is 6.70. The molecule has 0 bridgehead atoms. The van der Waals surface area contributed by atoms with Crippen LogP contribution in [0.1, 0.15) is 17.0 Å². The first-order valence-electron chi connectivity index (χ1n) is 8.87. The van der Waals surface area contributed by atoms with Crippen LogP contribution in [0.3, 0.4) is 0 Å². The quantitative estimate of drug-likeness (QED) is 0.755. The maximum Gasteiger partial charge on any atom is 0.365 e. The largest absolute Gasteiger partial charge is 0.365 e. The molecule has 1 N–H and O–H groups in total. The van der Waals surface area contributed by atoms with Gasteiger partial charge in [-0.2, -0.15) is 9.67 Å². The molecule has 1 aliphatic rings. The fraction of sp³-hybridized carbons (Fsp3) is 0.200. The van der Waals surface area contributed by atoms with E-state index in [0.717, 1.165) is 15.8 Å². The van der Waals surface area contributed by atoms with Gasteiger partial charge in [0.1, 0.15) is 6.54 Å². The smallest absolute Gasteiger partial charge is 0.324 e. The van der Waals surface area contributed by atoms with E-state index in [1.807, 2.05) is 50.2 Å². The number of nitrogens with zero attached hydrogens (tertiary/aromatic N) is 4. The van der Waals surface area contributed by atoms with Crippen LogP contribution in [-0.2, 0) is 17.9 Å². The van der Waals surface area contributed by atoms with Crippen molar-refractivity contribution >= 4 is 23.3 Å². The third-order valence-corrected chi connectivity index (χ3v) is 4.75. The molecule has 2 heterocycles. The molecule has 142 valence electrons. The van der Waals surface area contributed by atoms with E-state index in [1.54, 1.807) is 12.1 Å². The Kier molecular flexibility index (Phi) is 4.31. The summed E-state index contributed by atoms with van der Waals surface area (Å²) in [6.45, 7) is 3.68. The van der Waals surface area contributed by atoms with E-state index < -0.39 is 17.6 Å². The Bertz CT molecular complexity index is 1110. The SMILES string of the molecule is Cc1cccc(C)c1NC(=O)Cn1c(=O)nc2n1C(=O)N(c1ccccc1)C2. The fourth-order valence-corrected chi connectivity index (χ4v) is 3.35. The number of nitrogens with one attached hydrogen (secondary N) is 1. The fourth-order valence-electron chi connectivity index (χ4n) is 3.35. The molecule has 1 aliphatic heterocycles. The minimum atomic E-state index is -0.618. The molecule has 0 fully saturated rings. The van der Waals surface area contributed by atoms with Gasteiger partial charge < -0.3 is 5.32 Å². The number of anilines is 2. The van der Waals surface area contributed by atoms with Crippen molar-refractivity contribution in [1.29, 1.82) is 0 Å². The summed E-state index contributed by atoms with van der Waals surface area (Å²) in [6, 6.07) is 14.4. The van der Waals surface area contributed by atoms with Gasteiger partial charge in [-0.1, -0.05) is 36.4 Å². The summed E-state index contributed by atoms with van der Waals surface area (Å²) in [6.07, 6.45) is 0. The monoisotopic (exact) mass is 377 g/mol. The van der Waals surface area contributed by atoms with Gasteiger partial charge >= 0.3 is 11.7 Å². The van der Waals surface area contributed by atoms with Crippen molar-refractivity contribution < 1.29 is 9.59 Å². The van der Waals surface area contributed by atoms with Crippen LogP contribution in [0.2, 0.25) is 0 Å². The summed E-state index contributed by atoms with van der Waals surface area (Å²) in [5.74, 6) is -0.0770. The molecule has 0 spiro atoms. The molecule has 2 aromatic carbocycles. The van der Waals surface area contributed by atoms with Gasteiger partial charge in [0.2, 0.25) is 5.91 Å². The topological polar surface area (TPSA) is 89.2 Å². The van der Waals surface area contributed by atoms with Crippen LogP contribution in [-0.4, -0.2) is 26.3 Å². The van der Waals surface area contributed by atoms with Gasteiger partial charge in [-0.05, 0) is 37.1 Å². The number of rotatable bonds is 4. The van der Waals surface area contributed by atoms with E-state index in [-0.39, 0.29) is 13.1 Å². The van der Waals surface area contributed by atoms with Crippen molar-refractivity contribution in [1.82, 2.24) is 14.3 Å². The van der Waals surface area contributed by atoms with Gasteiger partial charge in [0, 0.05) is 11.4 Å². The Labute approximate surface area is 161 Å². The number of para-hydroxylation sites is 2. The number of fused-ring (bicyclic) bond motifs is 1. The van der Waals surface area contributed by atoms with Crippen LogP contribution in [0.4, 0.5) is 16.2 Å². The van der Waals surface area contributed by atoms with Crippen molar-refractivity contribution in [3.05, 3.63) is 76.0 Å². The molecule has 0 radical (unpaired) electrons. The zero-order chi connectivity index (χ0) is 19.8. The summed E-state index contributed by atoms with van der Waals surface area (Å²) in [5, 5.41) is 2.83. The molecule has 4 rings (SSSR count). The van der Waals surface area contributed by atoms with Gasteiger partial charge in [-0.15, -0.1) is 0 Å². The highest BCUT2D eigenvalue weighted by atomic mass is 16.2. The molecule has 3 aromatic rings. The molecule has 0 unspecified atom stereocenters. The second-order valence-electron chi connectivity index (χ2n) is 6.70. The number of aromatic nitrogens is 3. The summed E-state index contributed by atoms with van der Waals surface area (Å²) >= 11 is 0. The average molecular weight is 377 g/mol. The van der Waals surface area contributed by atoms with E-state index in [2.05, 4.69) is 10.3 Å². The first-order chi connectivity index (χ1) is 13.5. The molecule has 0 aliphatic carbocycles. The molecule has 8 heteroatoms. The molecule has 0 saturated heterocycles. The number of hydrogen-bond donors (Lipinski definition) is 1. The number of amides is 2. The summed E-state index contributed by atoms with van der Waals surface area (Å²) in [4.78, 5) is 43.1. The van der Waals surface area contributed by atoms with Gasteiger partial charge in [-0.3, -0.25) is 9.69 Å². The van der Waals surface area contributed by atoms with Crippen LogP contribution in [0.15, 0.2) is 53.3 Å². The Morgan fingerprint density at radius 2 is 1.71 bits per heavy atom. The van der Waals surface area contributed by atoms with Crippen molar-refractivity contribution in [2.75, 3.05) is 10.2 Å². The van der Waals surface area contributed by atoms with Gasteiger partial charge in [0.05, 0.1) is 6.54 Å². The lowest BCUT2D eigenvalue weighted by molar-refractivity contribution is -0.117. The number of aryl methyl sites for hydroxylation is 2. The summed E-state index contributed by atoms with van der Waals surface area (Å²) in [7, 11) is 0. The first kappa shape index (κ1) is 17.7. The zero-order valence-electron chi connectivity index (χ0n) is 15.5. The minimum Gasteiger partial charge on any atom is -0.324 e. The third-order valence-electron chi connectivity index (χ3n) is 4.75. The molecule has 0 saturated carbocycles. The zero-order valence-corrected chi connectivity index (χ0v) is 15.5. The molecule has 2 amide bonds. The standard InChI is InChI=1S/C20H19N5O3/c1-13-7-6-8-14(2)18(13)22-17(26)12-24-19(27)21-16-11-23(20(28)25(16)24)15-9-4-3-5-10-15/h3-10H,11-12H2,1-2H3,(H,22,26). The Morgan fingerprint density at radius 3 is 2.39 bits per heavy atom. The summed E-state index contributed by atoms with van der Waals surface area (Å²) < 4.78 is 2.25. The van der Waals surface area contributed by atoms with E-state index in [0.29, 0.717) is 17.2 Å². The maximum absolute atomic E-state index is 12.8. The van der Waals surface area contributed by atoms with Crippen molar-refractivity contribution in [3.8, 4) is 0 Å². The predicted molar refractivity (Wildman–Crippen MR) is 104 cm³/mol. The highest BCUT2D eigenvalue weighted by Gasteiger charge is 2.33. The van der Waals surface area contributed by atoms with Crippen LogP contribution in [0, 0.1) is 13.8 Å². The molecule has 0 atom stereocenters. The molecular weight excluding hydrogens is 358 g/mol. The van der Waals surface area contributed by atoms with Crippen molar-refractivity contribution in [2.24, 2.45) is 0 Å². The minimum absolute atomic E-state index is 0.184. The average Bonchev–Trinajstić information content (AvgIpc) is 3.15. The lowest BCUT2D eigenvalue weighted by Gasteiger charge is -2.16. The molecule has 28 heavy (non-hydrogen) atoms. The lowest BCUT2D eigenvalue weighted by Crippen LogP contribution is -2.36. The predicted octanol–water partition coefficient (Wildman–Crippen LogP) is 2.29. The maximum atomic E-state index is 12.8. The van der Waals surface area contributed by atoms with Gasteiger partial charge in [0.15, 0.2) is 5.82 Å². The van der Waals surface area contributed by atoms with Crippen LogP contribution < -0.4 is 15.9 Å². The first-order valence-corrected chi connectivity index (χ1v) is 8.87. The Balaban J connectivity index is 1.59. The van der Waals surface area contributed by atoms with E-state index >= 15 is 0 Å². The van der Waals surface area contributed by atoms with Crippen molar-refractivity contribution in [3.63, 3.8) is 0 Å². The number of carbonyl (C=O) groups is 2. The normalized spacial score (nSPS) is 12.9. The van der Waals surface area contributed by atoms with Crippen LogP contribution >= 0.6 is 0 Å². The van der Waals surface area contributed by atoms with Gasteiger partial charge in [0.25, 0.3) is 0 Å². The number of hydrogen-bond acceptors (Lipinski definition) is 4.